The van der Waals surface area contributed by atoms with Crippen molar-refractivity contribution in [1.29, 1.82) is 0 Å². The summed E-state index contributed by atoms with van der Waals surface area (Å²) >= 11 is 0. The van der Waals surface area contributed by atoms with Gasteiger partial charge in [0.2, 0.25) is 0 Å². The zero-order valence-electron chi connectivity index (χ0n) is 9.42. The van der Waals surface area contributed by atoms with Gasteiger partial charge in [0, 0.05) is 30.7 Å². The molecule has 1 saturated heterocycles. The molecule has 1 aliphatic heterocycles. The summed E-state index contributed by atoms with van der Waals surface area (Å²) < 4.78 is 0. The van der Waals surface area contributed by atoms with Crippen molar-refractivity contribution in [3.8, 4) is 0 Å². The number of rotatable bonds is 4. The first-order valence-electron chi connectivity index (χ1n) is 5.38. The van der Waals surface area contributed by atoms with E-state index in [9.17, 15) is 0 Å². The number of nitrogens with two attached hydrogens (primary N) is 1. The Hall–Kier alpha value is -0.760. The van der Waals surface area contributed by atoms with Crippen LogP contribution < -0.4 is 5.73 Å². The van der Waals surface area contributed by atoms with E-state index in [0.29, 0.717) is 18.5 Å². The summed E-state index contributed by atoms with van der Waals surface area (Å²) in [5.41, 5.74) is 8.07. The number of nitrogens with zero attached hydrogens (tertiary/aromatic N) is 1. The fourth-order valence-corrected chi connectivity index (χ4v) is 2.04. The lowest BCUT2D eigenvalue weighted by atomic mass is 10.0. The first kappa shape index (κ1) is 11.3. The topological polar surface area (TPSA) is 29.3 Å². The third-order valence-corrected chi connectivity index (χ3v) is 3.11. The number of hydrogen-bond donors (Lipinski definition) is 1. The standard InChI is InChI=1S/C12H22N2/c1-9(2)12-6-5-7-14(12)11(4)10(3)8-13/h10,12H,1,4-8,13H2,2-3H3. The highest BCUT2D eigenvalue weighted by molar-refractivity contribution is 5.13. The molecule has 2 N–H and O–H groups in total. The monoisotopic (exact) mass is 194 g/mol. The van der Waals surface area contributed by atoms with Gasteiger partial charge in [-0.2, -0.15) is 0 Å². The maximum atomic E-state index is 5.65. The molecule has 0 aromatic carbocycles. The van der Waals surface area contributed by atoms with Crippen molar-refractivity contribution in [2.24, 2.45) is 11.7 Å². The Morgan fingerprint density at radius 1 is 1.57 bits per heavy atom. The van der Waals surface area contributed by atoms with Crippen LogP contribution >= 0.6 is 0 Å². The van der Waals surface area contributed by atoms with E-state index in [1.54, 1.807) is 0 Å². The van der Waals surface area contributed by atoms with Crippen LogP contribution in [0.3, 0.4) is 0 Å². The molecule has 1 rings (SSSR count). The Kier molecular flexibility index (Phi) is 3.76. The molecule has 1 heterocycles. The Labute approximate surface area is 87.5 Å². The van der Waals surface area contributed by atoms with Gasteiger partial charge in [-0.1, -0.05) is 25.7 Å². The van der Waals surface area contributed by atoms with E-state index in [1.807, 2.05) is 0 Å². The van der Waals surface area contributed by atoms with Crippen LogP contribution in [0.15, 0.2) is 24.4 Å². The van der Waals surface area contributed by atoms with Gasteiger partial charge in [0.05, 0.1) is 0 Å². The van der Waals surface area contributed by atoms with Crippen molar-refractivity contribution < 1.29 is 0 Å². The molecule has 0 saturated carbocycles. The Balaban J connectivity index is 2.67. The molecule has 0 spiro atoms. The molecule has 0 aliphatic carbocycles. The van der Waals surface area contributed by atoms with Crippen molar-refractivity contribution in [3.05, 3.63) is 24.4 Å². The van der Waals surface area contributed by atoms with Gasteiger partial charge >= 0.3 is 0 Å². The highest BCUT2D eigenvalue weighted by Gasteiger charge is 2.27. The van der Waals surface area contributed by atoms with Crippen LogP contribution in [0.1, 0.15) is 26.7 Å². The molecule has 1 aliphatic rings. The summed E-state index contributed by atoms with van der Waals surface area (Å²) in [5.74, 6) is 0.384. The van der Waals surface area contributed by atoms with Gasteiger partial charge in [0.1, 0.15) is 0 Å². The molecule has 2 unspecified atom stereocenters. The van der Waals surface area contributed by atoms with Crippen molar-refractivity contribution in [1.82, 2.24) is 4.90 Å². The predicted molar refractivity (Wildman–Crippen MR) is 61.9 cm³/mol. The molecule has 0 amide bonds. The normalized spacial score (nSPS) is 23.6. The minimum Gasteiger partial charge on any atom is -0.368 e. The third kappa shape index (κ3) is 2.18. The fourth-order valence-electron chi connectivity index (χ4n) is 2.04. The molecule has 0 aromatic rings. The van der Waals surface area contributed by atoms with Crippen molar-refractivity contribution >= 4 is 0 Å². The van der Waals surface area contributed by atoms with E-state index in [-0.39, 0.29) is 0 Å². The summed E-state index contributed by atoms with van der Waals surface area (Å²) in [6, 6.07) is 0.497. The van der Waals surface area contributed by atoms with Gasteiger partial charge in [-0.25, -0.2) is 0 Å². The molecule has 80 valence electrons. The predicted octanol–water partition coefficient (Wildman–Crippen LogP) is 2.14. The second kappa shape index (κ2) is 4.65. The van der Waals surface area contributed by atoms with Gasteiger partial charge in [-0.05, 0) is 19.8 Å². The highest BCUT2D eigenvalue weighted by atomic mass is 15.2. The Morgan fingerprint density at radius 3 is 2.71 bits per heavy atom. The van der Waals surface area contributed by atoms with Crippen LogP contribution in [0.4, 0.5) is 0 Å². The summed E-state index contributed by atoms with van der Waals surface area (Å²) in [5, 5.41) is 0. The quantitative estimate of drug-likeness (QED) is 0.695. The zero-order valence-corrected chi connectivity index (χ0v) is 9.42. The van der Waals surface area contributed by atoms with E-state index in [2.05, 4.69) is 31.9 Å². The van der Waals surface area contributed by atoms with E-state index in [4.69, 9.17) is 5.73 Å². The lowest BCUT2D eigenvalue weighted by Gasteiger charge is -2.31. The lowest BCUT2D eigenvalue weighted by molar-refractivity contribution is 0.318. The average Bonchev–Trinajstić information content (AvgIpc) is 2.63. The molecule has 0 bridgehead atoms. The summed E-state index contributed by atoms with van der Waals surface area (Å²) in [6.07, 6.45) is 2.46. The molecule has 0 radical (unpaired) electrons. The largest absolute Gasteiger partial charge is 0.368 e. The van der Waals surface area contributed by atoms with Gasteiger partial charge in [-0.15, -0.1) is 0 Å². The third-order valence-electron chi connectivity index (χ3n) is 3.11. The highest BCUT2D eigenvalue weighted by Crippen LogP contribution is 2.28. The van der Waals surface area contributed by atoms with E-state index >= 15 is 0 Å². The molecule has 2 heteroatoms. The van der Waals surface area contributed by atoms with Crippen LogP contribution in [0.25, 0.3) is 0 Å². The Bertz CT molecular complexity index is 232. The smallest absolute Gasteiger partial charge is 0.0494 e. The summed E-state index contributed by atoms with van der Waals surface area (Å²) in [4.78, 5) is 2.37. The summed E-state index contributed by atoms with van der Waals surface area (Å²) in [7, 11) is 0. The van der Waals surface area contributed by atoms with Gasteiger partial charge in [-0.3, -0.25) is 0 Å². The molecule has 2 nitrogen and oxygen atoms in total. The first-order chi connectivity index (χ1) is 6.57. The minimum absolute atomic E-state index is 0.384. The van der Waals surface area contributed by atoms with Crippen LogP contribution in [0.5, 0.6) is 0 Å². The SMILES string of the molecule is C=C(C)C1CCCN1C(=C)C(C)CN. The van der Waals surface area contributed by atoms with Gasteiger partial charge in [0.25, 0.3) is 0 Å². The number of hydrogen-bond acceptors (Lipinski definition) is 2. The van der Waals surface area contributed by atoms with E-state index in [0.717, 1.165) is 6.54 Å². The number of likely N-dealkylation sites (tertiary alicyclic amines) is 1. The van der Waals surface area contributed by atoms with Gasteiger partial charge < -0.3 is 10.6 Å². The zero-order chi connectivity index (χ0) is 10.7. The van der Waals surface area contributed by atoms with E-state index in [1.165, 1.54) is 24.1 Å². The lowest BCUT2D eigenvalue weighted by Crippen LogP contribution is -2.33. The Morgan fingerprint density at radius 2 is 2.21 bits per heavy atom. The molecule has 14 heavy (non-hydrogen) atoms. The van der Waals surface area contributed by atoms with Crippen molar-refractivity contribution in [2.75, 3.05) is 13.1 Å². The van der Waals surface area contributed by atoms with Crippen molar-refractivity contribution in [3.63, 3.8) is 0 Å². The summed E-state index contributed by atoms with van der Waals surface area (Å²) in [6.45, 7) is 14.2. The van der Waals surface area contributed by atoms with Crippen LogP contribution in [0, 0.1) is 5.92 Å². The van der Waals surface area contributed by atoms with Crippen LogP contribution in [-0.2, 0) is 0 Å². The van der Waals surface area contributed by atoms with Crippen LogP contribution in [-0.4, -0.2) is 24.0 Å². The van der Waals surface area contributed by atoms with Gasteiger partial charge in [0.15, 0.2) is 0 Å². The molecular formula is C12H22N2. The molecule has 0 aromatic heterocycles. The maximum Gasteiger partial charge on any atom is 0.0494 e. The van der Waals surface area contributed by atoms with Crippen LogP contribution in [0.2, 0.25) is 0 Å². The molecular weight excluding hydrogens is 172 g/mol. The molecule has 1 fully saturated rings. The van der Waals surface area contributed by atoms with E-state index < -0.39 is 0 Å². The van der Waals surface area contributed by atoms with Crippen molar-refractivity contribution in [2.45, 2.75) is 32.7 Å². The molecule has 2 atom stereocenters. The second-order valence-electron chi connectivity index (χ2n) is 4.33. The average molecular weight is 194 g/mol. The first-order valence-corrected chi connectivity index (χ1v) is 5.38. The minimum atomic E-state index is 0.384. The maximum absolute atomic E-state index is 5.65. The second-order valence-corrected chi connectivity index (χ2v) is 4.33. The fraction of sp³-hybridized carbons (Fsp3) is 0.667.